The molecule has 0 aliphatic carbocycles. The average molecular weight is 846 g/mol. The number of hydrogen-bond acceptors (Lipinski definition) is 5. The van der Waals surface area contributed by atoms with Gasteiger partial charge < -0.3 is 20.3 Å². The number of allylic oxidation sites excluding steroid dienone is 4. The lowest BCUT2D eigenvalue weighted by Gasteiger charge is -2.24. The highest BCUT2D eigenvalue weighted by atomic mass is 16.5. The Bertz CT molecular complexity index is 950. The summed E-state index contributed by atoms with van der Waals surface area (Å²) in [6.07, 6.45) is 55.4. The standard InChI is InChI=1S/C54H103NO5/c1-4-7-10-13-16-19-21-23-25-27-28-30-32-34-37-40-43-46-52(57)51(49-56)55-53(58)48-50(45-42-39-36-18-15-12-9-6-3)60-54(59)47-44-41-38-35-33-31-29-26-24-22-20-17-14-11-8-5-2/h26,29,31,33,50-52,56-57H,4-25,27-28,30,32,34-49H2,1-3H3,(H,55,58)/b29-26+,33-31+. The minimum Gasteiger partial charge on any atom is -0.462 e. The van der Waals surface area contributed by atoms with Crippen LogP contribution in [0, 0.1) is 0 Å². The van der Waals surface area contributed by atoms with Gasteiger partial charge in [-0.2, -0.15) is 0 Å². The van der Waals surface area contributed by atoms with Gasteiger partial charge in [-0.05, 0) is 51.4 Å². The Hall–Kier alpha value is -1.66. The summed E-state index contributed by atoms with van der Waals surface area (Å²) in [7, 11) is 0. The Labute approximate surface area is 373 Å². The summed E-state index contributed by atoms with van der Waals surface area (Å²) in [5, 5.41) is 23.8. The number of esters is 1. The van der Waals surface area contributed by atoms with E-state index in [1.54, 1.807) is 0 Å². The molecule has 3 unspecified atom stereocenters. The van der Waals surface area contributed by atoms with Gasteiger partial charge in [0, 0.05) is 6.42 Å². The predicted molar refractivity (Wildman–Crippen MR) is 260 cm³/mol. The lowest BCUT2D eigenvalue weighted by atomic mass is 10.0. The number of aliphatic hydroxyl groups excluding tert-OH is 2. The van der Waals surface area contributed by atoms with Crippen molar-refractivity contribution in [3.8, 4) is 0 Å². The zero-order valence-electron chi connectivity index (χ0n) is 40.4. The van der Waals surface area contributed by atoms with E-state index in [0.717, 1.165) is 64.2 Å². The number of carbonyl (C=O) groups excluding carboxylic acids is 2. The first-order chi connectivity index (χ1) is 29.5. The number of unbranched alkanes of at least 4 members (excludes halogenated alkanes) is 33. The van der Waals surface area contributed by atoms with Crippen LogP contribution in [0.2, 0.25) is 0 Å². The summed E-state index contributed by atoms with van der Waals surface area (Å²) < 4.78 is 5.90. The molecule has 0 spiro atoms. The van der Waals surface area contributed by atoms with Crippen LogP contribution in [0.5, 0.6) is 0 Å². The van der Waals surface area contributed by atoms with Gasteiger partial charge in [-0.15, -0.1) is 0 Å². The van der Waals surface area contributed by atoms with Gasteiger partial charge in [0.05, 0.1) is 25.2 Å². The maximum atomic E-state index is 13.2. The van der Waals surface area contributed by atoms with E-state index in [1.165, 1.54) is 173 Å². The molecule has 1 amide bonds. The van der Waals surface area contributed by atoms with E-state index in [1.807, 2.05) is 0 Å². The summed E-state index contributed by atoms with van der Waals surface area (Å²) in [5.41, 5.74) is 0. The van der Waals surface area contributed by atoms with Crippen molar-refractivity contribution >= 4 is 11.9 Å². The van der Waals surface area contributed by atoms with E-state index in [9.17, 15) is 19.8 Å². The molecule has 0 aromatic rings. The fourth-order valence-electron chi connectivity index (χ4n) is 8.25. The molecule has 0 saturated heterocycles. The summed E-state index contributed by atoms with van der Waals surface area (Å²) in [6, 6.07) is -0.701. The van der Waals surface area contributed by atoms with Crippen LogP contribution in [0.15, 0.2) is 24.3 Å². The van der Waals surface area contributed by atoms with Gasteiger partial charge in [0.25, 0.3) is 0 Å². The first kappa shape index (κ1) is 58.3. The molecule has 6 nitrogen and oxygen atoms in total. The third-order valence-electron chi connectivity index (χ3n) is 12.3. The van der Waals surface area contributed by atoms with Crippen molar-refractivity contribution in [3.63, 3.8) is 0 Å². The molecule has 0 aromatic carbocycles. The van der Waals surface area contributed by atoms with Gasteiger partial charge in [-0.1, -0.05) is 244 Å². The van der Waals surface area contributed by atoms with Crippen LogP contribution in [-0.2, 0) is 14.3 Å². The number of amides is 1. The van der Waals surface area contributed by atoms with Crippen molar-refractivity contribution in [1.82, 2.24) is 5.32 Å². The maximum Gasteiger partial charge on any atom is 0.306 e. The van der Waals surface area contributed by atoms with Gasteiger partial charge >= 0.3 is 5.97 Å². The van der Waals surface area contributed by atoms with E-state index < -0.39 is 18.2 Å². The van der Waals surface area contributed by atoms with Crippen molar-refractivity contribution in [3.05, 3.63) is 24.3 Å². The van der Waals surface area contributed by atoms with E-state index >= 15 is 0 Å². The normalized spacial score (nSPS) is 13.3. The van der Waals surface area contributed by atoms with E-state index in [2.05, 4.69) is 50.4 Å². The SMILES string of the molecule is CCCCCCCCC/C=C/C=C/CCCCCC(=O)OC(CCCCCCCCCC)CC(=O)NC(CO)C(O)CCCCCCCCCCCCCCCCCCC. The molecule has 0 fully saturated rings. The highest BCUT2D eigenvalue weighted by molar-refractivity contribution is 5.77. The zero-order chi connectivity index (χ0) is 43.8. The predicted octanol–water partition coefficient (Wildman–Crippen LogP) is 15.9. The summed E-state index contributed by atoms with van der Waals surface area (Å²) in [4.78, 5) is 26.0. The molecule has 0 aliphatic heterocycles. The monoisotopic (exact) mass is 846 g/mol. The minimum absolute atomic E-state index is 0.0713. The number of ether oxygens (including phenoxy) is 1. The molecule has 3 atom stereocenters. The number of hydrogen-bond donors (Lipinski definition) is 3. The topological polar surface area (TPSA) is 95.9 Å². The van der Waals surface area contributed by atoms with Crippen LogP contribution in [-0.4, -0.2) is 46.9 Å². The lowest BCUT2D eigenvalue weighted by molar-refractivity contribution is -0.151. The van der Waals surface area contributed by atoms with Crippen molar-refractivity contribution < 1.29 is 24.5 Å². The fraction of sp³-hybridized carbons (Fsp3) is 0.889. The number of rotatable bonds is 48. The zero-order valence-corrected chi connectivity index (χ0v) is 40.4. The van der Waals surface area contributed by atoms with Crippen molar-refractivity contribution in [2.75, 3.05) is 6.61 Å². The quantitative estimate of drug-likeness (QED) is 0.0322. The van der Waals surface area contributed by atoms with Crippen LogP contribution in [0.4, 0.5) is 0 Å². The molecular weight excluding hydrogens is 743 g/mol. The van der Waals surface area contributed by atoms with Crippen LogP contribution in [0.25, 0.3) is 0 Å². The first-order valence-corrected chi connectivity index (χ1v) is 26.6. The smallest absolute Gasteiger partial charge is 0.306 e. The second-order valence-corrected chi connectivity index (χ2v) is 18.3. The number of aliphatic hydroxyl groups is 2. The molecule has 0 aromatic heterocycles. The molecule has 0 aliphatic rings. The summed E-state index contributed by atoms with van der Waals surface area (Å²) >= 11 is 0. The van der Waals surface area contributed by atoms with Crippen molar-refractivity contribution in [2.45, 2.75) is 302 Å². The largest absolute Gasteiger partial charge is 0.462 e. The Morgan fingerprint density at radius 1 is 0.483 bits per heavy atom. The molecule has 0 saturated carbocycles. The van der Waals surface area contributed by atoms with Crippen LogP contribution in [0.1, 0.15) is 284 Å². The third-order valence-corrected chi connectivity index (χ3v) is 12.3. The molecule has 0 radical (unpaired) electrons. The molecule has 0 bridgehead atoms. The summed E-state index contributed by atoms with van der Waals surface area (Å²) in [6.45, 7) is 6.47. The minimum atomic E-state index is -0.787. The van der Waals surface area contributed by atoms with Gasteiger partial charge in [0.2, 0.25) is 5.91 Å². The maximum absolute atomic E-state index is 13.2. The van der Waals surface area contributed by atoms with E-state index in [0.29, 0.717) is 19.3 Å². The third kappa shape index (κ3) is 43.0. The Kier molecular flexibility index (Phi) is 47.0. The van der Waals surface area contributed by atoms with Gasteiger partial charge in [-0.25, -0.2) is 0 Å². The fourth-order valence-corrected chi connectivity index (χ4v) is 8.25. The van der Waals surface area contributed by atoms with Gasteiger partial charge in [0.1, 0.15) is 6.10 Å². The van der Waals surface area contributed by atoms with Crippen LogP contribution in [0.3, 0.4) is 0 Å². The van der Waals surface area contributed by atoms with Crippen molar-refractivity contribution in [1.29, 1.82) is 0 Å². The van der Waals surface area contributed by atoms with E-state index in [-0.39, 0.29) is 24.9 Å². The number of carbonyl (C=O) groups is 2. The van der Waals surface area contributed by atoms with E-state index in [4.69, 9.17) is 4.74 Å². The molecule has 6 heteroatoms. The second kappa shape index (κ2) is 48.4. The average Bonchev–Trinajstić information content (AvgIpc) is 3.24. The Balaban J connectivity index is 4.39. The van der Waals surface area contributed by atoms with Gasteiger partial charge in [0.15, 0.2) is 0 Å². The second-order valence-electron chi connectivity index (χ2n) is 18.3. The van der Waals surface area contributed by atoms with Crippen LogP contribution < -0.4 is 5.32 Å². The molecular formula is C54H103NO5. The Morgan fingerprint density at radius 2 is 0.833 bits per heavy atom. The molecule has 60 heavy (non-hydrogen) atoms. The molecule has 354 valence electrons. The van der Waals surface area contributed by atoms with Crippen molar-refractivity contribution in [2.24, 2.45) is 0 Å². The molecule has 3 N–H and O–H groups in total. The highest BCUT2D eigenvalue weighted by Gasteiger charge is 2.24. The number of nitrogens with one attached hydrogen (secondary N) is 1. The van der Waals surface area contributed by atoms with Crippen LogP contribution >= 0.6 is 0 Å². The summed E-state index contributed by atoms with van der Waals surface area (Å²) in [5.74, 6) is -0.495. The molecule has 0 heterocycles. The highest BCUT2D eigenvalue weighted by Crippen LogP contribution is 2.18. The Morgan fingerprint density at radius 3 is 1.23 bits per heavy atom. The molecule has 0 rings (SSSR count). The lowest BCUT2D eigenvalue weighted by Crippen LogP contribution is -2.46. The first-order valence-electron chi connectivity index (χ1n) is 26.6. The van der Waals surface area contributed by atoms with Gasteiger partial charge in [-0.3, -0.25) is 9.59 Å².